The number of aromatic nitrogens is 2. The Labute approximate surface area is 121 Å². The van der Waals surface area contributed by atoms with Gasteiger partial charge in [-0.2, -0.15) is 17.5 Å². The Morgan fingerprint density at radius 3 is 2.57 bits per heavy atom. The Kier molecular flexibility index (Phi) is 6.17. The van der Waals surface area contributed by atoms with Crippen molar-refractivity contribution in [3.63, 3.8) is 0 Å². The average molecular weight is 329 g/mol. The van der Waals surface area contributed by atoms with Gasteiger partial charge in [-0.25, -0.2) is 13.4 Å². The van der Waals surface area contributed by atoms with Gasteiger partial charge in [0.1, 0.15) is 12.4 Å². The van der Waals surface area contributed by atoms with Gasteiger partial charge in [-0.3, -0.25) is 0 Å². The van der Waals surface area contributed by atoms with E-state index in [4.69, 9.17) is 4.74 Å². The highest BCUT2D eigenvalue weighted by Crippen LogP contribution is 2.22. The van der Waals surface area contributed by atoms with E-state index in [1.807, 2.05) is 0 Å². The van der Waals surface area contributed by atoms with Gasteiger partial charge in [0.15, 0.2) is 5.03 Å². The van der Waals surface area contributed by atoms with Crippen molar-refractivity contribution in [2.75, 3.05) is 26.3 Å². The van der Waals surface area contributed by atoms with Gasteiger partial charge in [0, 0.05) is 19.8 Å². The van der Waals surface area contributed by atoms with Crippen LogP contribution < -0.4 is 0 Å². The molecule has 122 valence electrons. The molecule has 0 atom stereocenters. The van der Waals surface area contributed by atoms with Crippen LogP contribution in [0.4, 0.5) is 13.2 Å². The SMILES string of the molecule is CCOCCCN(CC(F)(F)F)S(=O)(=O)c1cnc(C)[nH]1. The van der Waals surface area contributed by atoms with Crippen molar-refractivity contribution in [1.29, 1.82) is 0 Å². The number of hydrogen-bond acceptors (Lipinski definition) is 4. The predicted molar refractivity (Wildman–Crippen MR) is 69.2 cm³/mol. The number of ether oxygens (including phenoxy) is 1. The van der Waals surface area contributed by atoms with Crippen LogP contribution in [0.2, 0.25) is 0 Å². The summed E-state index contributed by atoms with van der Waals surface area (Å²) in [6.45, 7) is 2.06. The maximum atomic E-state index is 12.6. The van der Waals surface area contributed by atoms with Crippen LogP contribution in [0.1, 0.15) is 19.2 Å². The van der Waals surface area contributed by atoms with Gasteiger partial charge in [-0.1, -0.05) is 0 Å². The Morgan fingerprint density at radius 1 is 1.43 bits per heavy atom. The summed E-state index contributed by atoms with van der Waals surface area (Å²) in [6.07, 6.45) is -3.43. The van der Waals surface area contributed by atoms with E-state index in [-0.39, 0.29) is 24.6 Å². The monoisotopic (exact) mass is 329 g/mol. The molecular weight excluding hydrogens is 311 g/mol. The summed E-state index contributed by atoms with van der Waals surface area (Å²) in [5.41, 5.74) is 0. The normalized spacial score (nSPS) is 13.0. The molecule has 1 rings (SSSR count). The molecule has 0 bridgehead atoms. The summed E-state index contributed by atoms with van der Waals surface area (Å²) in [5.74, 6) is 0.315. The Hall–Kier alpha value is -1.13. The van der Waals surface area contributed by atoms with Gasteiger partial charge in [-0.15, -0.1) is 0 Å². The summed E-state index contributed by atoms with van der Waals surface area (Å²) >= 11 is 0. The van der Waals surface area contributed by atoms with Gasteiger partial charge in [-0.05, 0) is 20.3 Å². The van der Waals surface area contributed by atoms with E-state index in [0.29, 0.717) is 16.7 Å². The highest BCUT2D eigenvalue weighted by molar-refractivity contribution is 7.89. The van der Waals surface area contributed by atoms with E-state index in [1.54, 1.807) is 6.92 Å². The molecule has 0 spiro atoms. The molecule has 0 radical (unpaired) electrons. The van der Waals surface area contributed by atoms with Gasteiger partial charge in [0.05, 0.1) is 6.20 Å². The van der Waals surface area contributed by atoms with E-state index in [9.17, 15) is 21.6 Å². The maximum Gasteiger partial charge on any atom is 0.402 e. The minimum absolute atomic E-state index is 0.177. The van der Waals surface area contributed by atoms with Gasteiger partial charge in [0.25, 0.3) is 10.0 Å². The Morgan fingerprint density at radius 2 is 2.10 bits per heavy atom. The lowest BCUT2D eigenvalue weighted by Gasteiger charge is -2.22. The molecule has 0 fully saturated rings. The fourth-order valence-electron chi connectivity index (χ4n) is 1.64. The molecule has 1 aromatic rings. The van der Waals surface area contributed by atoms with E-state index in [0.717, 1.165) is 6.20 Å². The molecule has 1 aromatic heterocycles. The van der Waals surface area contributed by atoms with Crippen LogP contribution in [0.15, 0.2) is 11.2 Å². The third-order valence-corrected chi connectivity index (χ3v) is 4.31. The van der Waals surface area contributed by atoms with E-state index in [1.165, 1.54) is 6.92 Å². The first-order chi connectivity index (χ1) is 9.66. The highest BCUT2D eigenvalue weighted by Gasteiger charge is 2.37. The topological polar surface area (TPSA) is 75.3 Å². The molecule has 21 heavy (non-hydrogen) atoms. The first kappa shape index (κ1) is 17.9. The molecular formula is C11H18F3N3O3S. The Bertz CT molecular complexity index is 542. The molecule has 0 aliphatic carbocycles. The maximum absolute atomic E-state index is 12.6. The second-order valence-electron chi connectivity index (χ2n) is 4.34. The zero-order valence-corrected chi connectivity index (χ0v) is 12.6. The fraction of sp³-hybridized carbons (Fsp3) is 0.727. The van der Waals surface area contributed by atoms with Crippen LogP contribution in [-0.2, 0) is 14.8 Å². The number of nitrogens with one attached hydrogen (secondary N) is 1. The van der Waals surface area contributed by atoms with Gasteiger partial charge >= 0.3 is 6.18 Å². The van der Waals surface area contributed by atoms with Gasteiger partial charge < -0.3 is 9.72 Å². The summed E-state index contributed by atoms with van der Waals surface area (Å²) in [7, 11) is -4.26. The first-order valence-corrected chi connectivity index (χ1v) is 7.77. The standard InChI is InChI=1S/C11H18F3N3O3S/c1-3-20-6-4-5-17(8-11(12,13)14)21(18,19)10-7-15-9(2)16-10/h7H,3-6,8H2,1-2H3,(H,15,16). The van der Waals surface area contributed by atoms with Crippen LogP contribution in [-0.4, -0.2) is 55.2 Å². The van der Waals surface area contributed by atoms with E-state index in [2.05, 4.69) is 9.97 Å². The zero-order chi connectivity index (χ0) is 16.1. The van der Waals surface area contributed by atoms with Crippen LogP contribution in [0.3, 0.4) is 0 Å². The largest absolute Gasteiger partial charge is 0.402 e. The molecule has 0 aromatic carbocycles. The van der Waals surface area contributed by atoms with E-state index < -0.39 is 22.7 Å². The fourth-order valence-corrected chi connectivity index (χ4v) is 3.07. The molecule has 0 saturated heterocycles. The number of halogens is 3. The van der Waals surface area contributed by atoms with Crippen molar-refractivity contribution >= 4 is 10.0 Å². The van der Waals surface area contributed by atoms with Crippen LogP contribution in [0.5, 0.6) is 0 Å². The molecule has 0 aliphatic heterocycles. The molecule has 10 heteroatoms. The van der Waals surface area contributed by atoms with Gasteiger partial charge in [0.2, 0.25) is 0 Å². The Balaban J connectivity index is 2.88. The lowest BCUT2D eigenvalue weighted by atomic mass is 10.4. The van der Waals surface area contributed by atoms with Crippen molar-refractivity contribution in [2.24, 2.45) is 0 Å². The lowest BCUT2D eigenvalue weighted by molar-refractivity contribution is -0.136. The molecule has 6 nitrogen and oxygen atoms in total. The number of imidazole rings is 1. The first-order valence-electron chi connectivity index (χ1n) is 6.33. The number of nitrogens with zero attached hydrogens (tertiary/aromatic N) is 2. The number of alkyl halides is 3. The summed E-state index contributed by atoms with van der Waals surface area (Å²) in [6, 6.07) is 0. The summed E-state index contributed by atoms with van der Waals surface area (Å²) < 4.78 is 67.5. The number of H-pyrrole nitrogens is 1. The average Bonchev–Trinajstić information content (AvgIpc) is 2.79. The minimum Gasteiger partial charge on any atom is -0.382 e. The number of aryl methyl sites for hydroxylation is 1. The molecule has 1 heterocycles. The minimum atomic E-state index is -4.62. The third-order valence-electron chi connectivity index (χ3n) is 2.55. The van der Waals surface area contributed by atoms with Crippen molar-refractivity contribution in [1.82, 2.24) is 14.3 Å². The van der Waals surface area contributed by atoms with Crippen LogP contribution >= 0.6 is 0 Å². The molecule has 0 amide bonds. The number of sulfonamides is 1. The highest BCUT2D eigenvalue weighted by atomic mass is 32.2. The molecule has 1 N–H and O–H groups in total. The third kappa shape index (κ3) is 5.64. The van der Waals surface area contributed by atoms with Crippen molar-refractivity contribution < 1.29 is 26.3 Å². The molecule has 0 unspecified atom stereocenters. The molecule has 0 aliphatic rings. The smallest absolute Gasteiger partial charge is 0.382 e. The second kappa shape index (κ2) is 7.23. The zero-order valence-electron chi connectivity index (χ0n) is 11.8. The number of rotatable bonds is 8. The van der Waals surface area contributed by atoms with Crippen LogP contribution in [0, 0.1) is 6.92 Å². The summed E-state index contributed by atoms with van der Waals surface area (Å²) in [4.78, 5) is 6.15. The van der Waals surface area contributed by atoms with Crippen molar-refractivity contribution in [3.05, 3.63) is 12.0 Å². The van der Waals surface area contributed by atoms with Crippen LogP contribution in [0.25, 0.3) is 0 Å². The quantitative estimate of drug-likeness (QED) is 0.737. The summed E-state index contributed by atoms with van der Waals surface area (Å²) in [5, 5.41) is -0.347. The molecule has 0 saturated carbocycles. The number of aromatic amines is 1. The lowest BCUT2D eigenvalue weighted by Crippen LogP contribution is -2.40. The van der Waals surface area contributed by atoms with Crippen molar-refractivity contribution in [3.8, 4) is 0 Å². The predicted octanol–water partition coefficient (Wildman–Crippen LogP) is 1.70. The second-order valence-corrected chi connectivity index (χ2v) is 6.24. The van der Waals surface area contributed by atoms with E-state index >= 15 is 0 Å². The van der Waals surface area contributed by atoms with Crippen molar-refractivity contribution in [2.45, 2.75) is 31.5 Å². The number of hydrogen-bond donors (Lipinski definition) is 1.